The van der Waals surface area contributed by atoms with Crippen LogP contribution in [0.15, 0.2) is 29.4 Å². The van der Waals surface area contributed by atoms with Gasteiger partial charge >= 0.3 is 0 Å². The first-order chi connectivity index (χ1) is 8.29. The average Bonchev–Trinajstić information content (AvgIpc) is 2.38. The number of rotatable bonds is 6. The van der Waals surface area contributed by atoms with Gasteiger partial charge in [0.15, 0.2) is 0 Å². The maximum Gasteiger partial charge on any atom is 0.251 e. The Kier molecular flexibility index (Phi) is 5.61. The summed E-state index contributed by atoms with van der Waals surface area (Å²) in [6.07, 6.45) is 1.49. The van der Waals surface area contributed by atoms with Gasteiger partial charge in [-0.2, -0.15) is 0 Å². The van der Waals surface area contributed by atoms with Gasteiger partial charge in [0.1, 0.15) is 0 Å². The van der Waals surface area contributed by atoms with Crippen LogP contribution in [-0.2, 0) is 6.42 Å². The highest BCUT2D eigenvalue weighted by Crippen LogP contribution is 2.08. The summed E-state index contributed by atoms with van der Waals surface area (Å²) in [6.45, 7) is 2.95. The number of amides is 1. The third kappa shape index (κ3) is 4.17. The van der Waals surface area contributed by atoms with E-state index in [4.69, 9.17) is 5.53 Å². The molecule has 0 fully saturated rings. The standard InChI is InChI=1S/C12H16N4O/c1-2-10-6-3-4-7-11(10)12(17)14-8-5-9-15-16-13/h3-4,6-7H,2,5,8-9H2,1H3,(H,14,17). The minimum atomic E-state index is -0.0663. The number of benzene rings is 1. The third-order valence-corrected chi connectivity index (χ3v) is 2.43. The van der Waals surface area contributed by atoms with Gasteiger partial charge in [-0.25, -0.2) is 0 Å². The van der Waals surface area contributed by atoms with Crippen molar-refractivity contribution in [2.45, 2.75) is 19.8 Å². The van der Waals surface area contributed by atoms with Crippen molar-refractivity contribution in [2.75, 3.05) is 13.1 Å². The molecule has 1 aromatic rings. The molecule has 90 valence electrons. The monoisotopic (exact) mass is 232 g/mol. The predicted octanol–water partition coefficient (Wildman–Crippen LogP) is 2.68. The number of hydrogen-bond acceptors (Lipinski definition) is 2. The van der Waals surface area contributed by atoms with E-state index < -0.39 is 0 Å². The van der Waals surface area contributed by atoms with Crippen molar-refractivity contribution in [2.24, 2.45) is 5.11 Å². The first-order valence-electron chi connectivity index (χ1n) is 5.66. The summed E-state index contributed by atoms with van der Waals surface area (Å²) in [5.74, 6) is -0.0663. The molecule has 0 bridgehead atoms. The number of hydrogen-bond donors (Lipinski definition) is 1. The van der Waals surface area contributed by atoms with Crippen LogP contribution in [0, 0.1) is 0 Å². The second kappa shape index (κ2) is 7.30. The molecule has 0 aliphatic heterocycles. The number of nitrogens with one attached hydrogen (secondary N) is 1. The zero-order valence-corrected chi connectivity index (χ0v) is 9.89. The van der Waals surface area contributed by atoms with Crippen LogP contribution >= 0.6 is 0 Å². The molecule has 0 saturated carbocycles. The molecule has 0 unspecified atom stereocenters. The minimum Gasteiger partial charge on any atom is -0.352 e. The van der Waals surface area contributed by atoms with Crippen LogP contribution in [0.2, 0.25) is 0 Å². The first-order valence-corrected chi connectivity index (χ1v) is 5.66. The second-order valence-corrected chi connectivity index (χ2v) is 3.57. The number of azide groups is 1. The van der Waals surface area contributed by atoms with Gasteiger partial charge in [0.05, 0.1) is 0 Å². The van der Waals surface area contributed by atoms with E-state index in [0.717, 1.165) is 17.5 Å². The van der Waals surface area contributed by atoms with Crippen molar-refractivity contribution in [1.82, 2.24) is 5.32 Å². The number of carbonyl (C=O) groups is 1. The molecule has 0 aromatic heterocycles. The zero-order valence-electron chi connectivity index (χ0n) is 9.89. The summed E-state index contributed by atoms with van der Waals surface area (Å²) in [6, 6.07) is 7.56. The van der Waals surface area contributed by atoms with Crippen LogP contribution in [0.3, 0.4) is 0 Å². The largest absolute Gasteiger partial charge is 0.352 e. The molecular weight excluding hydrogens is 216 g/mol. The van der Waals surface area contributed by atoms with Crippen LogP contribution in [-0.4, -0.2) is 19.0 Å². The minimum absolute atomic E-state index is 0.0663. The fraction of sp³-hybridized carbons (Fsp3) is 0.417. The molecule has 1 rings (SSSR count). The van der Waals surface area contributed by atoms with E-state index in [2.05, 4.69) is 15.3 Å². The highest BCUT2D eigenvalue weighted by Gasteiger charge is 2.08. The van der Waals surface area contributed by atoms with E-state index in [-0.39, 0.29) is 5.91 Å². The summed E-state index contributed by atoms with van der Waals surface area (Å²) in [5, 5.41) is 6.21. The summed E-state index contributed by atoms with van der Waals surface area (Å²) < 4.78 is 0. The maximum atomic E-state index is 11.8. The van der Waals surface area contributed by atoms with Gasteiger partial charge in [0, 0.05) is 23.6 Å². The van der Waals surface area contributed by atoms with E-state index in [0.29, 0.717) is 19.5 Å². The molecule has 1 aromatic carbocycles. The van der Waals surface area contributed by atoms with E-state index in [9.17, 15) is 4.79 Å². The van der Waals surface area contributed by atoms with Crippen LogP contribution in [0.4, 0.5) is 0 Å². The van der Waals surface area contributed by atoms with E-state index in [1.807, 2.05) is 31.2 Å². The smallest absolute Gasteiger partial charge is 0.251 e. The van der Waals surface area contributed by atoms with Crippen molar-refractivity contribution >= 4 is 5.91 Å². The Morgan fingerprint density at radius 3 is 2.94 bits per heavy atom. The Hall–Kier alpha value is -2.00. The van der Waals surface area contributed by atoms with Gasteiger partial charge in [0.2, 0.25) is 0 Å². The normalized spacial score (nSPS) is 9.47. The van der Waals surface area contributed by atoms with Gasteiger partial charge in [-0.15, -0.1) is 0 Å². The van der Waals surface area contributed by atoms with Gasteiger partial charge < -0.3 is 5.32 Å². The molecule has 0 saturated heterocycles. The first kappa shape index (κ1) is 13.1. The molecule has 0 atom stereocenters. The van der Waals surface area contributed by atoms with Crippen LogP contribution < -0.4 is 5.32 Å². The van der Waals surface area contributed by atoms with Gasteiger partial charge in [-0.3, -0.25) is 4.79 Å². The SMILES string of the molecule is CCc1ccccc1C(=O)NCCCN=[N+]=[N-]. The molecule has 1 amide bonds. The molecule has 0 radical (unpaired) electrons. The Morgan fingerprint density at radius 1 is 1.47 bits per heavy atom. The molecule has 0 heterocycles. The van der Waals surface area contributed by atoms with Crippen LogP contribution in [0.5, 0.6) is 0 Å². The lowest BCUT2D eigenvalue weighted by atomic mass is 10.0. The number of aryl methyl sites for hydroxylation is 1. The van der Waals surface area contributed by atoms with Crippen molar-refractivity contribution in [1.29, 1.82) is 0 Å². The quantitative estimate of drug-likeness (QED) is 0.348. The lowest BCUT2D eigenvalue weighted by Crippen LogP contribution is -2.25. The molecule has 0 aliphatic carbocycles. The summed E-state index contributed by atoms with van der Waals surface area (Å²) in [4.78, 5) is 14.5. The van der Waals surface area contributed by atoms with Gasteiger partial charge in [-0.05, 0) is 30.0 Å². The van der Waals surface area contributed by atoms with Crippen LogP contribution in [0.1, 0.15) is 29.3 Å². The lowest BCUT2D eigenvalue weighted by Gasteiger charge is -2.07. The number of carbonyl (C=O) groups excluding carboxylic acids is 1. The molecule has 1 N–H and O–H groups in total. The van der Waals surface area contributed by atoms with Crippen molar-refractivity contribution in [3.8, 4) is 0 Å². The fourth-order valence-electron chi connectivity index (χ4n) is 1.54. The summed E-state index contributed by atoms with van der Waals surface area (Å²) >= 11 is 0. The average molecular weight is 232 g/mol. The Labute approximate surface area is 100 Å². The maximum absolute atomic E-state index is 11.8. The Morgan fingerprint density at radius 2 is 2.24 bits per heavy atom. The topological polar surface area (TPSA) is 77.9 Å². The number of nitrogens with zero attached hydrogens (tertiary/aromatic N) is 3. The van der Waals surface area contributed by atoms with Crippen molar-refractivity contribution in [3.63, 3.8) is 0 Å². The highest BCUT2D eigenvalue weighted by atomic mass is 16.1. The van der Waals surface area contributed by atoms with Gasteiger partial charge in [0.25, 0.3) is 5.91 Å². The van der Waals surface area contributed by atoms with E-state index in [1.54, 1.807) is 0 Å². The molecular formula is C12H16N4O. The van der Waals surface area contributed by atoms with Crippen LogP contribution in [0.25, 0.3) is 10.4 Å². The van der Waals surface area contributed by atoms with E-state index >= 15 is 0 Å². The second-order valence-electron chi connectivity index (χ2n) is 3.57. The van der Waals surface area contributed by atoms with Crippen molar-refractivity contribution < 1.29 is 4.79 Å². The predicted molar refractivity (Wildman–Crippen MR) is 66.8 cm³/mol. The van der Waals surface area contributed by atoms with E-state index in [1.165, 1.54) is 0 Å². The molecule has 0 aliphatic rings. The Balaban J connectivity index is 2.49. The third-order valence-electron chi connectivity index (χ3n) is 2.43. The Bertz CT molecular complexity index is 424. The zero-order chi connectivity index (χ0) is 12.5. The molecule has 5 heteroatoms. The summed E-state index contributed by atoms with van der Waals surface area (Å²) in [5.41, 5.74) is 9.85. The fourth-order valence-corrected chi connectivity index (χ4v) is 1.54. The summed E-state index contributed by atoms with van der Waals surface area (Å²) in [7, 11) is 0. The molecule has 5 nitrogen and oxygen atoms in total. The van der Waals surface area contributed by atoms with Crippen molar-refractivity contribution in [3.05, 3.63) is 45.8 Å². The lowest BCUT2D eigenvalue weighted by molar-refractivity contribution is 0.0952. The highest BCUT2D eigenvalue weighted by molar-refractivity contribution is 5.95. The van der Waals surface area contributed by atoms with Gasteiger partial charge in [-0.1, -0.05) is 30.2 Å². The molecule has 0 spiro atoms. The molecule has 17 heavy (non-hydrogen) atoms.